The van der Waals surface area contributed by atoms with Crippen molar-refractivity contribution in [3.8, 4) is 0 Å². The van der Waals surface area contributed by atoms with Crippen LogP contribution in [0.25, 0.3) is 0 Å². The summed E-state index contributed by atoms with van der Waals surface area (Å²) in [6.07, 6.45) is 6.06. The number of carbonyl (C=O) groups is 2. The van der Waals surface area contributed by atoms with Crippen molar-refractivity contribution in [2.45, 2.75) is 50.6 Å². The van der Waals surface area contributed by atoms with Gasteiger partial charge in [0.15, 0.2) is 0 Å². The fourth-order valence-corrected chi connectivity index (χ4v) is 5.02. The Balaban J connectivity index is 1.34. The molecular formula is C23H34N4O3. The van der Waals surface area contributed by atoms with E-state index in [1.165, 1.54) is 18.2 Å². The molecule has 2 aliphatic heterocycles. The second-order valence-electron chi connectivity index (χ2n) is 8.85. The molecule has 1 aromatic rings. The molecule has 164 valence electrons. The summed E-state index contributed by atoms with van der Waals surface area (Å²) in [6.45, 7) is 3.99. The van der Waals surface area contributed by atoms with Gasteiger partial charge in [0.25, 0.3) is 0 Å². The Morgan fingerprint density at radius 1 is 1.07 bits per heavy atom. The molecule has 0 aromatic heterocycles. The first-order chi connectivity index (χ1) is 14.5. The average molecular weight is 415 g/mol. The zero-order chi connectivity index (χ0) is 21.1. The molecule has 30 heavy (non-hydrogen) atoms. The fraction of sp³-hybridized carbons (Fsp3) is 0.652. The summed E-state index contributed by atoms with van der Waals surface area (Å²) in [6, 6.07) is 7.36. The largest absolute Gasteiger partial charge is 0.468 e. The van der Waals surface area contributed by atoms with Crippen LogP contribution in [0.15, 0.2) is 18.2 Å². The Bertz CT molecular complexity index is 776. The van der Waals surface area contributed by atoms with Gasteiger partial charge in [0.2, 0.25) is 0 Å². The van der Waals surface area contributed by atoms with Crippen molar-refractivity contribution in [3.05, 3.63) is 29.3 Å². The van der Waals surface area contributed by atoms with Crippen LogP contribution in [0, 0.1) is 0 Å². The zero-order valence-corrected chi connectivity index (χ0v) is 18.2. The Labute approximate surface area is 179 Å². The van der Waals surface area contributed by atoms with Crippen molar-refractivity contribution in [2.24, 2.45) is 0 Å². The number of nitrogens with one attached hydrogen (secondary N) is 1. The first-order valence-electron chi connectivity index (χ1n) is 11.2. The third kappa shape index (κ3) is 4.62. The summed E-state index contributed by atoms with van der Waals surface area (Å²) < 4.78 is 4.70. The summed E-state index contributed by atoms with van der Waals surface area (Å²) in [5, 5.41) is 3.27. The summed E-state index contributed by atoms with van der Waals surface area (Å²) in [7, 11) is 3.59. The van der Waals surface area contributed by atoms with Gasteiger partial charge in [-0.05, 0) is 68.8 Å². The second-order valence-corrected chi connectivity index (χ2v) is 8.85. The van der Waals surface area contributed by atoms with Crippen LogP contribution in [0.3, 0.4) is 0 Å². The molecule has 0 spiro atoms. The minimum Gasteiger partial charge on any atom is -0.468 e. The number of hydrogen-bond acceptors (Lipinski definition) is 5. The van der Waals surface area contributed by atoms with Crippen LogP contribution in [0.5, 0.6) is 0 Å². The minimum atomic E-state index is -0.227. The molecule has 1 aromatic carbocycles. The number of methoxy groups -OCH3 is 1. The number of ether oxygens (including phenoxy) is 1. The number of urea groups is 1. The Morgan fingerprint density at radius 3 is 2.53 bits per heavy atom. The molecule has 0 unspecified atom stereocenters. The molecular weight excluding hydrogens is 380 g/mol. The van der Waals surface area contributed by atoms with Crippen LogP contribution in [0.1, 0.15) is 36.8 Å². The molecule has 2 fully saturated rings. The van der Waals surface area contributed by atoms with Gasteiger partial charge in [-0.1, -0.05) is 6.07 Å². The van der Waals surface area contributed by atoms with Crippen LogP contribution >= 0.6 is 0 Å². The fourth-order valence-electron chi connectivity index (χ4n) is 5.02. The number of rotatable bonds is 5. The first kappa shape index (κ1) is 21.1. The van der Waals surface area contributed by atoms with Gasteiger partial charge in [-0.25, -0.2) is 4.79 Å². The van der Waals surface area contributed by atoms with Gasteiger partial charge < -0.3 is 19.9 Å². The van der Waals surface area contributed by atoms with Gasteiger partial charge in [-0.15, -0.1) is 0 Å². The first-order valence-corrected chi connectivity index (χ1v) is 11.2. The monoisotopic (exact) mass is 414 g/mol. The molecule has 4 rings (SSSR count). The van der Waals surface area contributed by atoms with Crippen LogP contribution in [-0.2, 0) is 22.4 Å². The number of fused-ring (bicyclic) bond motifs is 1. The van der Waals surface area contributed by atoms with Crippen LogP contribution in [0.2, 0.25) is 0 Å². The molecule has 0 radical (unpaired) electrons. The molecule has 2 amide bonds. The maximum absolute atomic E-state index is 13.2. The lowest BCUT2D eigenvalue weighted by atomic mass is 9.90. The van der Waals surface area contributed by atoms with Crippen LogP contribution in [-0.4, -0.2) is 80.8 Å². The molecule has 3 aliphatic rings. The standard InChI is InChI=1S/C23H34N4O3/c1-25-11-9-17-3-6-21(15-18(17)10-12-25)27-14-13-26(23(27)29)20-7-4-19(5-8-20)24-16-22(28)30-2/h3,6,15,19-20,24H,4-5,7-14,16H2,1-2H3. The van der Waals surface area contributed by atoms with E-state index in [2.05, 4.69) is 40.4 Å². The van der Waals surface area contributed by atoms with E-state index >= 15 is 0 Å². The van der Waals surface area contributed by atoms with E-state index in [1.54, 1.807) is 0 Å². The maximum Gasteiger partial charge on any atom is 0.324 e. The highest BCUT2D eigenvalue weighted by molar-refractivity contribution is 5.94. The number of likely N-dealkylation sites (N-methyl/N-ethyl adjacent to an activating group) is 1. The van der Waals surface area contributed by atoms with Gasteiger partial charge >= 0.3 is 12.0 Å². The van der Waals surface area contributed by atoms with Crippen molar-refractivity contribution in [1.82, 2.24) is 15.1 Å². The second kappa shape index (κ2) is 9.35. The summed E-state index contributed by atoms with van der Waals surface area (Å²) >= 11 is 0. The van der Waals surface area contributed by atoms with Crippen molar-refractivity contribution >= 4 is 17.7 Å². The average Bonchev–Trinajstić information content (AvgIpc) is 3.05. The van der Waals surface area contributed by atoms with Gasteiger partial charge in [-0.3, -0.25) is 9.69 Å². The number of carbonyl (C=O) groups excluding carboxylic acids is 2. The smallest absolute Gasteiger partial charge is 0.324 e. The highest BCUT2D eigenvalue weighted by atomic mass is 16.5. The number of esters is 1. The minimum absolute atomic E-state index is 0.145. The topological polar surface area (TPSA) is 65.1 Å². The van der Waals surface area contributed by atoms with Crippen LogP contribution in [0.4, 0.5) is 10.5 Å². The zero-order valence-electron chi connectivity index (χ0n) is 18.2. The molecule has 0 bridgehead atoms. The quantitative estimate of drug-likeness (QED) is 0.747. The number of amides is 2. The van der Waals surface area contributed by atoms with E-state index in [0.29, 0.717) is 12.1 Å². The molecule has 7 nitrogen and oxygen atoms in total. The molecule has 7 heteroatoms. The third-order valence-corrected chi connectivity index (χ3v) is 6.97. The SMILES string of the molecule is COC(=O)CNC1CCC(N2CCN(c3ccc4c(c3)CCN(C)CC4)C2=O)CC1. The van der Waals surface area contributed by atoms with E-state index in [-0.39, 0.29) is 18.5 Å². The van der Waals surface area contributed by atoms with Gasteiger partial charge in [0.1, 0.15) is 0 Å². The summed E-state index contributed by atoms with van der Waals surface area (Å²) in [5.41, 5.74) is 3.85. The molecule has 1 saturated heterocycles. The normalized spacial score (nSPS) is 25.2. The Hall–Kier alpha value is -2.12. The lowest BCUT2D eigenvalue weighted by molar-refractivity contribution is -0.139. The van der Waals surface area contributed by atoms with Crippen molar-refractivity contribution in [1.29, 1.82) is 0 Å². The predicted molar refractivity (Wildman–Crippen MR) is 117 cm³/mol. The van der Waals surface area contributed by atoms with Crippen LogP contribution < -0.4 is 10.2 Å². The van der Waals surface area contributed by atoms with E-state index < -0.39 is 0 Å². The molecule has 1 saturated carbocycles. The predicted octanol–water partition coefficient (Wildman–Crippen LogP) is 2.03. The van der Waals surface area contributed by atoms with E-state index in [4.69, 9.17) is 4.74 Å². The van der Waals surface area contributed by atoms with Crippen molar-refractivity contribution in [3.63, 3.8) is 0 Å². The molecule has 1 N–H and O–H groups in total. The number of hydrogen-bond donors (Lipinski definition) is 1. The maximum atomic E-state index is 13.2. The van der Waals surface area contributed by atoms with Gasteiger partial charge in [0.05, 0.1) is 13.7 Å². The summed E-state index contributed by atoms with van der Waals surface area (Å²) in [5.74, 6) is -0.227. The Kier molecular flexibility index (Phi) is 6.58. The van der Waals surface area contributed by atoms with Crippen molar-refractivity contribution in [2.75, 3.05) is 51.8 Å². The van der Waals surface area contributed by atoms with E-state index in [1.807, 2.05) is 4.90 Å². The highest BCUT2D eigenvalue weighted by Gasteiger charge is 2.36. The lowest BCUT2D eigenvalue weighted by Crippen LogP contribution is -2.45. The number of benzene rings is 1. The molecule has 2 heterocycles. The highest BCUT2D eigenvalue weighted by Crippen LogP contribution is 2.30. The van der Waals surface area contributed by atoms with Gasteiger partial charge in [0, 0.05) is 44.0 Å². The van der Waals surface area contributed by atoms with Crippen molar-refractivity contribution < 1.29 is 14.3 Å². The Morgan fingerprint density at radius 2 is 1.80 bits per heavy atom. The third-order valence-electron chi connectivity index (χ3n) is 6.97. The molecule has 1 aliphatic carbocycles. The number of nitrogens with zero attached hydrogens (tertiary/aromatic N) is 3. The molecule has 0 atom stereocenters. The van der Waals surface area contributed by atoms with E-state index in [9.17, 15) is 9.59 Å². The lowest BCUT2D eigenvalue weighted by Gasteiger charge is -2.34. The van der Waals surface area contributed by atoms with Gasteiger partial charge in [-0.2, -0.15) is 0 Å². The van der Waals surface area contributed by atoms with E-state index in [0.717, 1.165) is 70.4 Å². The number of anilines is 1. The summed E-state index contributed by atoms with van der Waals surface area (Å²) in [4.78, 5) is 30.9.